The minimum Gasteiger partial charge on any atom is -0.354 e. The quantitative estimate of drug-likeness (QED) is 0.229. The summed E-state index contributed by atoms with van der Waals surface area (Å²) < 4.78 is 28.1. The van der Waals surface area contributed by atoms with Gasteiger partial charge < -0.3 is 10.2 Å². The summed E-state index contributed by atoms with van der Waals surface area (Å²) in [4.78, 5) is 29.1. The number of nitrogens with zero attached hydrogens (tertiary/aromatic N) is 2. The molecule has 4 aromatic carbocycles. The number of fused-ring (bicyclic) bond motifs is 1. The van der Waals surface area contributed by atoms with Crippen molar-refractivity contribution in [1.29, 1.82) is 0 Å². The lowest BCUT2D eigenvalue weighted by Gasteiger charge is -2.32. The molecule has 2 amide bonds. The van der Waals surface area contributed by atoms with Gasteiger partial charge in [0.2, 0.25) is 21.8 Å². The molecule has 0 saturated carbocycles. The molecule has 4 aromatic rings. The molecule has 214 valence electrons. The van der Waals surface area contributed by atoms with Crippen LogP contribution in [-0.2, 0) is 32.6 Å². The van der Waals surface area contributed by atoms with Crippen LogP contribution in [0.1, 0.15) is 30.9 Å². The minimum atomic E-state index is -3.97. The Morgan fingerprint density at radius 2 is 1.41 bits per heavy atom. The van der Waals surface area contributed by atoms with Gasteiger partial charge in [0.15, 0.2) is 0 Å². The molecule has 0 fully saturated rings. The van der Waals surface area contributed by atoms with Crippen LogP contribution in [0.25, 0.3) is 10.8 Å². The van der Waals surface area contributed by atoms with Crippen LogP contribution >= 0.6 is 0 Å². The Hall–Kier alpha value is -4.01. The first kappa shape index (κ1) is 30.0. The topological polar surface area (TPSA) is 86.8 Å². The van der Waals surface area contributed by atoms with Crippen LogP contribution < -0.4 is 5.32 Å². The number of benzene rings is 4. The second-order valence-corrected chi connectivity index (χ2v) is 12.2. The van der Waals surface area contributed by atoms with Crippen molar-refractivity contribution in [3.05, 3.63) is 114 Å². The number of amides is 2. The highest BCUT2D eigenvalue weighted by Gasteiger charge is 2.33. The first-order valence-corrected chi connectivity index (χ1v) is 15.3. The Kier molecular flexibility index (Phi) is 10.3. The van der Waals surface area contributed by atoms with Gasteiger partial charge in [-0.1, -0.05) is 104 Å². The molecule has 0 aromatic heterocycles. The van der Waals surface area contributed by atoms with Crippen molar-refractivity contribution < 1.29 is 18.0 Å². The molecule has 8 heteroatoms. The third-order valence-electron chi connectivity index (χ3n) is 7.08. The number of sulfonamides is 1. The van der Waals surface area contributed by atoms with Crippen molar-refractivity contribution in [2.75, 3.05) is 20.1 Å². The summed E-state index contributed by atoms with van der Waals surface area (Å²) >= 11 is 0. The Bertz CT molecular complexity index is 1560. The third-order valence-corrected chi connectivity index (χ3v) is 8.88. The highest BCUT2D eigenvalue weighted by atomic mass is 32.2. The molecule has 0 radical (unpaired) electrons. The summed E-state index contributed by atoms with van der Waals surface area (Å²) in [7, 11) is -2.57. The third kappa shape index (κ3) is 7.80. The van der Waals surface area contributed by atoms with Gasteiger partial charge in [-0.25, -0.2) is 8.42 Å². The fourth-order valence-corrected chi connectivity index (χ4v) is 5.87. The summed E-state index contributed by atoms with van der Waals surface area (Å²) in [6.45, 7) is 2.31. The first-order chi connectivity index (χ1) is 19.8. The monoisotopic (exact) mass is 571 g/mol. The maximum Gasteiger partial charge on any atom is 0.243 e. The van der Waals surface area contributed by atoms with Gasteiger partial charge in [0.05, 0.1) is 11.4 Å². The average molecular weight is 572 g/mol. The van der Waals surface area contributed by atoms with Crippen LogP contribution in [0, 0.1) is 0 Å². The number of unbranched alkanes of at least 4 members (excludes halogenated alkanes) is 1. The SMILES string of the molecule is CCCCNC(=O)C(Cc1ccccc1)N(Cc1ccccc1)C(=O)CN(C)S(=O)(=O)c1ccc2ccccc2c1. The number of likely N-dealkylation sites (N-methyl/N-ethyl adjacent to an activating group) is 1. The molecule has 41 heavy (non-hydrogen) atoms. The summed E-state index contributed by atoms with van der Waals surface area (Å²) in [6, 6.07) is 30.6. The largest absolute Gasteiger partial charge is 0.354 e. The van der Waals surface area contributed by atoms with Crippen molar-refractivity contribution >= 4 is 32.6 Å². The van der Waals surface area contributed by atoms with Crippen LogP contribution in [-0.4, -0.2) is 55.6 Å². The Morgan fingerprint density at radius 3 is 2.07 bits per heavy atom. The fraction of sp³-hybridized carbons (Fsp3) is 0.273. The molecular formula is C33H37N3O4S. The average Bonchev–Trinajstić information content (AvgIpc) is 2.99. The standard InChI is InChI=1S/C33H37N3O4S/c1-3-4-21-34-33(38)31(22-26-13-7-5-8-14-26)36(24-27-15-9-6-10-16-27)32(37)25-35(2)41(39,40)30-20-19-28-17-11-12-18-29(28)23-30/h5-20,23,31H,3-4,21-22,24-25H2,1-2H3,(H,34,38). The maximum atomic E-state index is 14.0. The van der Waals surface area contributed by atoms with Crippen molar-refractivity contribution in [3.8, 4) is 0 Å². The molecule has 0 aliphatic rings. The van der Waals surface area contributed by atoms with E-state index in [9.17, 15) is 18.0 Å². The van der Waals surface area contributed by atoms with E-state index in [-0.39, 0.29) is 17.3 Å². The van der Waals surface area contributed by atoms with E-state index in [2.05, 4.69) is 5.32 Å². The van der Waals surface area contributed by atoms with Gasteiger partial charge in [-0.3, -0.25) is 9.59 Å². The maximum absolute atomic E-state index is 14.0. The molecule has 0 heterocycles. The summed E-state index contributed by atoms with van der Waals surface area (Å²) in [5.41, 5.74) is 1.76. The molecule has 0 spiro atoms. The predicted molar refractivity (Wildman–Crippen MR) is 163 cm³/mol. The second kappa shape index (κ2) is 14.1. The van der Waals surface area contributed by atoms with Crippen LogP contribution in [0.5, 0.6) is 0 Å². The van der Waals surface area contributed by atoms with Gasteiger partial charge in [-0.05, 0) is 40.5 Å². The first-order valence-electron chi connectivity index (χ1n) is 13.9. The molecule has 0 saturated heterocycles. The Labute approximate surface area is 242 Å². The van der Waals surface area contributed by atoms with Crippen molar-refractivity contribution in [3.63, 3.8) is 0 Å². The molecule has 7 nitrogen and oxygen atoms in total. The predicted octanol–water partition coefficient (Wildman–Crippen LogP) is 5.02. The number of hydrogen-bond donors (Lipinski definition) is 1. The molecule has 0 aliphatic carbocycles. The van der Waals surface area contributed by atoms with Crippen LogP contribution in [0.4, 0.5) is 0 Å². The van der Waals surface area contributed by atoms with E-state index in [1.54, 1.807) is 18.2 Å². The molecule has 1 N–H and O–H groups in total. The van der Waals surface area contributed by atoms with Crippen molar-refractivity contribution in [2.45, 2.75) is 43.7 Å². The van der Waals surface area contributed by atoms with Gasteiger partial charge in [-0.2, -0.15) is 4.31 Å². The number of hydrogen-bond acceptors (Lipinski definition) is 4. The van der Waals surface area contributed by atoms with Crippen LogP contribution in [0.2, 0.25) is 0 Å². The van der Waals surface area contributed by atoms with E-state index in [0.717, 1.165) is 39.0 Å². The normalized spacial score (nSPS) is 12.3. The lowest BCUT2D eigenvalue weighted by atomic mass is 10.0. The molecule has 0 bridgehead atoms. The summed E-state index contributed by atoms with van der Waals surface area (Å²) in [5.74, 6) is -0.709. The number of carbonyl (C=O) groups is 2. The molecular weight excluding hydrogens is 534 g/mol. The van der Waals surface area contributed by atoms with Crippen LogP contribution in [0.15, 0.2) is 108 Å². The zero-order valence-electron chi connectivity index (χ0n) is 23.6. The summed E-state index contributed by atoms with van der Waals surface area (Å²) in [6.07, 6.45) is 2.05. The highest BCUT2D eigenvalue weighted by Crippen LogP contribution is 2.22. The van der Waals surface area contributed by atoms with E-state index in [4.69, 9.17) is 0 Å². The zero-order chi connectivity index (χ0) is 29.2. The van der Waals surface area contributed by atoms with E-state index in [0.29, 0.717) is 13.0 Å². The Balaban J connectivity index is 1.64. The smallest absolute Gasteiger partial charge is 0.243 e. The van der Waals surface area contributed by atoms with E-state index < -0.39 is 28.5 Å². The van der Waals surface area contributed by atoms with Gasteiger partial charge in [0.25, 0.3) is 0 Å². The zero-order valence-corrected chi connectivity index (χ0v) is 24.4. The molecule has 4 rings (SSSR count). The number of rotatable bonds is 13. The molecule has 0 aliphatic heterocycles. The van der Waals surface area contributed by atoms with Gasteiger partial charge >= 0.3 is 0 Å². The van der Waals surface area contributed by atoms with Crippen molar-refractivity contribution in [1.82, 2.24) is 14.5 Å². The van der Waals surface area contributed by atoms with E-state index in [1.807, 2.05) is 91.9 Å². The van der Waals surface area contributed by atoms with Crippen molar-refractivity contribution in [2.24, 2.45) is 0 Å². The van der Waals surface area contributed by atoms with E-state index in [1.165, 1.54) is 11.9 Å². The van der Waals surface area contributed by atoms with E-state index >= 15 is 0 Å². The minimum absolute atomic E-state index is 0.110. The van der Waals surface area contributed by atoms with Gasteiger partial charge in [0, 0.05) is 26.6 Å². The fourth-order valence-electron chi connectivity index (χ4n) is 4.71. The Morgan fingerprint density at radius 1 is 0.805 bits per heavy atom. The van der Waals surface area contributed by atoms with Gasteiger partial charge in [0.1, 0.15) is 6.04 Å². The highest BCUT2D eigenvalue weighted by molar-refractivity contribution is 7.89. The van der Waals surface area contributed by atoms with Gasteiger partial charge in [-0.15, -0.1) is 0 Å². The lowest BCUT2D eigenvalue weighted by Crippen LogP contribution is -2.53. The molecule has 1 unspecified atom stereocenters. The second-order valence-electron chi connectivity index (χ2n) is 10.1. The number of carbonyl (C=O) groups excluding carboxylic acids is 2. The molecule has 1 atom stereocenters. The number of nitrogens with one attached hydrogen (secondary N) is 1. The van der Waals surface area contributed by atoms with Crippen LogP contribution in [0.3, 0.4) is 0 Å². The summed E-state index contributed by atoms with van der Waals surface area (Å²) in [5, 5.41) is 4.71. The lowest BCUT2D eigenvalue weighted by molar-refractivity contribution is -0.141.